The van der Waals surface area contributed by atoms with E-state index in [2.05, 4.69) is 17.9 Å². The normalized spacial score (nSPS) is 13.1. The first-order valence-corrected chi connectivity index (χ1v) is 6.92. The summed E-state index contributed by atoms with van der Waals surface area (Å²) in [6, 6.07) is 15.6. The highest BCUT2D eigenvalue weighted by Gasteiger charge is 2.14. The second-order valence-corrected chi connectivity index (χ2v) is 4.99. The monoisotopic (exact) mass is 274 g/mol. The van der Waals surface area contributed by atoms with Crippen LogP contribution in [0, 0.1) is 0 Å². The molecule has 0 saturated carbocycles. The Labute approximate surface area is 124 Å². The molecule has 21 heavy (non-hydrogen) atoms. The predicted octanol–water partition coefficient (Wildman–Crippen LogP) is 2.53. The van der Waals surface area contributed by atoms with E-state index in [1.165, 1.54) is 0 Å². The number of rotatable bonds is 3. The third-order valence-electron chi connectivity index (χ3n) is 3.51. The molecule has 0 radical (unpaired) electrons. The van der Waals surface area contributed by atoms with Crippen LogP contribution in [0.25, 0.3) is 16.7 Å². The Balaban J connectivity index is 2.13. The van der Waals surface area contributed by atoms with Gasteiger partial charge in [-0.1, -0.05) is 48.5 Å². The summed E-state index contributed by atoms with van der Waals surface area (Å²) in [6.45, 7) is 0. The van der Waals surface area contributed by atoms with E-state index in [0.717, 1.165) is 28.7 Å². The third kappa shape index (κ3) is 3.06. The van der Waals surface area contributed by atoms with Crippen molar-refractivity contribution in [1.29, 1.82) is 0 Å². The molecule has 0 spiro atoms. The Hall–Kier alpha value is -2.32. The molecule has 0 heterocycles. The van der Waals surface area contributed by atoms with Crippen LogP contribution in [0.1, 0.15) is 12.0 Å². The number of allylic oxidation sites excluding steroid dienone is 3. The molecule has 2 aromatic rings. The van der Waals surface area contributed by atoms with E-state index in [-0.39, 0.29) is 0 Å². The maximum absolute atomic E-state index is 9.52. The van der Waals surface area contributed by atoms with Crippen molar-refractivity contribution in [3.8, 4) is 11.1 Å². The van der Waals surface area contributed by atoms with Crippen LogP contribution < -0.4 is 5.46 Å². The molecular weight excluding hydrogens is 259 g/mol. The maximum atomic E-state index is 9.52. The summed E-state index contributed by atoms with van der Waals surface area (Å²) in [5.74, 6) is 0. The highest BCUT2D eigenvalue weighted by Crippen LogP contribution is 2.25. The Kier molecular flexibility index (Phi) is 3.89. The lowest BCUT2D eigenvalue weighted by Crippen LogP contribution is -2.30. The fourth-order valence-electron chi connectivity index (χ4n) is 2.43. The van der Waals surface area contributed by atoms with Crippen LogP contribution in [0.3, 0.4) is 0 Å². The van der Waals surface area contributed by atoms with Crippen molar-refractivity contribution in [2.24, 2.45) is 0 Å². The number of benzene rings is 2. The predicted molar refractivity (Wildman–Crippen MR) is 87.0 cm³/mol. The smallest absolute Gasteiger partial charge is 0.423 e. The molecule has 102 valence electrons. The Morgan fingerprint density at radius 1 is 0.905 bits per heavy atom. The summed E-state index contributed by atoms with van der Waals surface area (Å²) in [5, 5.41) is 19.0. The molecule has 2 nitrogen and oxygen atoms in total. The lowest BCUT2D eigenvalue weighted by Gasteiger charge is -2.11. The first-order chi connectivity index (χ1) is 10.2. The van der Waals surface area contributed by atoms with Gasteiger partial charge in [-0.25, -0.2) is 0 Å². The van der Waals surface area contributed by atoms with E-state index in [1.54, 1.807) is 0 Å². The average molecular weight is 274 g/mol. The second-order valence-electron chi connectivity index (χ2n) is 4.99. The van der Waals surface area contributed by atoms with E-state index in [9.17, 15) is 10.0 Å². The molecule has 1 aliphatic rings. The molecule has 0 amide bonds. The molecule has 3 heteroatoms. The van der Waals surface area contributed by atoms with Crippen LogP contribution in [0.15, 0.2) is 72.5 Å². The molecule has 0 aromatic heterocycles. The van der Waals surface area contributed by atoms with Crippen LogP contribution in [0.4, 0.5) is 0 Å². The molecule has 0 bridgehead atoms. The highest BCUT2D eigenvalue weighted by atomic mass is 16.4. The first kappa shape index (κ1) is 13.7. The third-order valence-corrected chi connectivity index (χ3v) is 3.51. The van der Waals surface area contributed by atoms with Crippen LogP contribution in [0.5, 0.6) is 0 Å². The van der Waals surface area contributed by atoms with Gasteiger partial charge in [0.2, 0.25) is 0 Å². The fourth-order valence-corrected chi connectivity index (χ4v) is 2.43. The minimum Gasteiger partial charge on any atom is -0.423 e. The van der Waals surface area contributed by atoms with Gasteiger partial charge in [0.1, 0.15) is 0 Å². The van der Waals surface area contributed by atoms with Gasteiger partial charge < -0.3 is 10.0 Å². The molecule has 0 unspecified atom stereocenters. The fraction of sp³-hybridized carbons (Fsp3) is 0.0556. The first-order valence-electron chi connectivity index (χ1n) is 6.92. The summed E-state index contributed by atoms with van der Waals surface area (Å²) >= 11 is 0. The maximum Gasteiger partial charge on any atom is 0.488 e. The van der Waals surface area contributed by atoms with Gasteiger partial charge in [-0.15, -0.1) is 5.73 Å². The molecule has 2 N–H and O–H groups in total. The zero-order chi connectivity index (χ0) is 14.7. The minimum absolute atomic E-state index is 0.496. The summed E-state index contributed by atoms with van der Waals surface area (Å²) in [5.41, 5.74) is 7.64. The van der Waals surface area contributed by atoms with Gasteiger partial charge in [-0.05, 0) is 52.4 Å². The van der Waals surface area contributed by atoms with Crippen molar-refractivity contribution >= 4 is 18.2 Å². The zero-order valence-corrected chi connectivity index (χ0v) is 11.5. The van der Waals surface area contributed by atoms with Gasteiger partial charge in [0.25, 0.3) is 0 Å². The lowest BCUT2D eigenvalue weighted by molar-refractivity contribution is 0.426. The van der Waals surface area contributed by atoms with E-state index < -0.39 is 7.12 Å². The Bertz CT molecular complexity index is 739. The Morgan fingerprint density at radius 2 is 1.67 bits per heavy atom. The molecule has 0 saturated heterocycles. The molecular formula is C18H15BO2. The summed E-state index contributed by atoms with van der Waals surface area (Å²) in [4.78, 5) is 0. The summed E-state index contributed by atoms with van der Waals surface area (Å²) in [6.07, 6.45) is 6.83. The van der Waals surface area contributed by atoms with E-state index in [0.29, 0.717) is 5.46 Å². The van der Waals surface area contributed by atoms with Gasteiger partial charge in [-0.3, -0.25) is 0 Å². The van der Waals surface area contributed by atoms with Crippen molar-refractivity contribution in [2.75, 3.05) is 0 Å². The topological polar surface area (TPSA) is 40.5 Å². The Morgan fingerprint density at radius 3 is 2.33 bits per heavy atom. The standard InChI is InChI=1S/C18H15BO2/c20-19(21)18-12-16(14-7-3-1-4-8-14)11-17(13-18)15-9-5-2-6-10-15/h1-4,7-13,20-21H,5H2. The average Bonchev–Trinajstić information content (AvgIpc) is 2.56. The largest absolute Gasteiger partial charge is 0.488 e. The summed E-state index contributed by atoms with van der Waals surface area (Å²) < 4.78 is 0. The minimum atomic E-state index is -1.48. The lowest BCUT2D eigenvalue weighted by atomic mass is 9.77. The number of hydrogen-bond acceptors (Lipinski definition) is 2. The van der Waals surface area contributed by atoms with Gasteiger partial charge in [0.15, 0.2) is 0 Å². The van der Waals surface area contributed by atoms with Crippen LogP contribution >= 0.6 is 0 Å². The molecule has 0 aliphatic heterocycles. The molecule has 1 aliphatic carbocycles. The number of hydrogen-bond donors (Lipinski definition) is 2. The quantitative estimate of drug-likeness (QED) is 0.667. The second kappa shape index (κ2) is 5.98. The molecule has 2 aromatic carbocycles. The van der Waals surface area contributed by atoms with Crippen LogP contribution in [0.2, 0.25) is 0 Å². The van der Waals surface area contributed by atoms with Gasteiger partial charge in [-0.2, -0.15) is 0 Å². The van der Waals surface area contributed by atoms with Crippen molar-refractivity contribution in [3.05, 3.63) is 78.1 Å². The van der Waals surface area contributed by atoms with Gasteiger partial charge in [0.05, 0.1) is 0 Å². The molecule has 0 atom stereocenters. The van der Waals surface area contributed by atoms with Crippen molar-refractivity contribution < 1.29 is 10.0 Å². The van der Waals surface area contributed by atoms with Crippen molar-refractivity contribution in [3.63, 3.8) is 0 Å². The highest BCUT2D eigenvalue weighted by molar-refractivity contribution is 6.58. The van der Waals surface area contributed by atoms with Crippen molar-refractivity contribution in [2.45, 2.75) is 6.42 Å². The van der Waals surface area contributed by atoms with E-state index >= 15 is 0 Å². The SMILES string of the molecule is OB(O)c1cc(C2=CCC=C=C2)cc(-c2ccccc2)c1. The van der Waals surface area contributed by atoms with Crippen LogP contribution in [-0.2, 0) is 0 Å². The molecule has 0 fully saturated rings. The zero-order valence-electron chi connectivity index (χ0n) is 11.5. The van der Waals surface area contributed by atoms with Gasteiger partial charge in [0, 0.05) is 0 Å². The van der Waals surface area contributed by atoms with Crippen LogP contribution in [-0.4, -0.2) is 17.2 Å². The summed E-state index contributed by atoms with van der Waals surface area (Å²) in [7, 11) is -1.48. The van der Waals surface area contributed by atoms with Gasteiger partial charge >= 0.3 is 7.12 Å². The molecule has 3 rings (SSSR count). The van der Waals surface area contributed by atoms with Crippen molar-refractivity contribution in [1.82, 2.24) is 0 Å². The van der Waals surface area contributed by atoms with E-state index in [4.69, 9.17) is 0 Å². The van der Waals surface area contributed by atoms with E-state index in [1.807, 2.05) is 54.6 Å².